The Balaban J connectivity index is 2.28. The van der Waals surface area contributed by atoms with Crippen LogP contribution in [0.25, 0.3) is 0 Å². The molecule has 0 unspecified atom stereocenters. The number of nitrogens with two attached hydrogens (primary N) is 1. The first-order valence-corrected chi connectivity index (χ1v) is 4.80. The minimum atomic E-state index is 0.197. The Bertz CT molecular complexity index is 420. The minimum Gasteiger partial charge on any atom is -0.508 e. The standard InChI is InChI=1S/C12H12N2O2/c13-14(9-1-5-11(15)6-2-9)10-3-7-12(16)8-4-10/h1-8,15-16H,13H2. The fourth-order valence-electron chi connectivity index (χ4n) is 1.38. The van der Waals surface area contributed by atoms with Gasteiger partial charge in [0, 0.05) is 0 Å². The molecule has 0 aliphatic rings. The van der Waals surface area contributed by atoms with Gasteiger partial charge in [-0.05, 0) is 48.5 Å². The van der Waals surface area contributed by atoms with E-state index in [-0.39, 0.29) is 11.5 Å². The first kappa shape index (κ1) is 10.3. The third kappa shape index (κ3) is 2.07. The second-order valence-electron chi connectivity index (χ2n) is 3.40. The highest BCUT2D eigenvalue weighted by atomic mass is 16.3. The van der Waals surface area contributed by atoms with Crippen LogP contribution in [0.1, 0.15) is 0 Å². The van der Waals surface area contributed by atoms with Gasteiger partial charge in [-0.25, -0.2) is 5.84 Å². The van der Waals surface area contributed by atoms with Crippen LogP contribution in [0.15, 0.2) is 48.5 Å². The van der Waals surface area contributed by atoms with Crippen LogP contribution in [0, 0.1) is 0 Å². The molecule has 2 aromatic rings. The van der Waals surface area contributed by atoms with E-state index in [0.29, 0.717) is 0 Å². The molecule has 0 aliphatic heterocycles. The van der Waals surface area contributed by atoms with Crippen molar-refractivity contribution in [2.75, 3.05) is 5.01 Å². The Morgan fingerprint density at radius 2 is 1.00 bits per heavy atom. The molecule has 0 saturated heterocycles. The van der Waals surface area contributed by atoms with Gasteiger partial charge in [-0.3, -0.25) is 5.01 Å². The lowest BCUT2D eigenvalue weighted by Crippen LogP contribution is -2.24. The van der Waals surface area contributed by atoms with Crippen molar-refractivity contribution in [3.05, 3.63) is 48.5 Å². The Morgan fingerprint density at radius 1 is 0.688 bits per heavy atom. The maximum atomic E-state index is 9.15. The molecule has 0 bridgehead atoms. The molecule has 0 saturated carbocycles. The largest absolute Gasteiger partial charge is 0.508 e. The van der Waals surface area contributed by atoms with Gasteiger partial charge in [0.15, 0.2) is 0 Å². The van der Waals surface area contributed by atoms with Crippen LogP contribution >= 0.6 is 0 Å². The molecule has 0 aromatic heterocycles. The van der Waals surface area contributed by atoms with E-state index in [4.69, 9.17) is 16.1 Å². The number of benzene rings is 2. The summed E-state index contributed by atoms with van der Waals surface area (Å²) in [4.78, 5) is 0. The average molecular weight is 216 g/mol. The van der Waals surface area contributed by atoms with Crippen LogP contribution in [-0.2, 0) is 0 Å². The highest BCUT2D eigenvalue weighted by Crippen LogP contribution is 2.24. The summed E-state index contributed by atoms with van der Waals surface area (Å²) in [5, 5.41) is 19.8. The van der Waals surface area contributed by atoms with Crippen LogP contribution in [0.2, 0.25) is 0 Å². The number of aromatic hydroxyl groups is 2. The van der Waals surface area contributed by atoms with E-state index < -0.39 is 0 Å². The predicted molar refractivity (Wildman–Crippen MR) is 62.5 cm³/mol. The van der Waals surface area contributed by atoms with Gasteiger partial charge in [-0.15, -0.1) is 0 Å². The smallest absolute Gasteiger partial charge is 0.115 e. The molecule has 0 atom stereocenters. The van der Waals surface area contributed by atoms with Crippen LogP contribution in [-0.4, -0.2) is 10.2 Å². The second kappa shape index (κ2) is 4.12. The van der Waals surface area contributed by atoms with Crippen LogP contribution in [0.5, 0.6) is 11.5 Å². The van der Waals surface area contributed by atoms with Crippen LogP contribution < -0.4 is 10.9 Å². The molecule has 16 heavy (non-hydrogen) atoms. The molecule has 2 aromatic carbocycles. The number of rotatable bonds is 2. The zero-order valence-electron chi connectivity index (χ0n) is 8.54. The van der Waals surface area contributed by atoms with E-state index in [2.05, 4.69) is 0 Å². The maximum Gasteiger partial charge on any atom is 0.115 e. The summed E-state index contributed by atoms with van der Waals surface area (Å²) in [6.45, 7) is 0. The molecule has 0 amide bonds. The lowest BCUT2D eigenvalue weighted by molar-refractivity contribution is 0.475. The lowest BCUT2D eigenvalue weighted by atomic mass is 10.2. The highest BCUT2D eigenvalue weighted by molar-refractivity contribution is 5.62. The van der Waals surface area contributed by atoms with E-state index in [1.807, 2.05) is 0 Å². The van der Waals surface area contributed by atoms with Gasteiger partial charge in [0.2, 0.25) is 0 Å². The molecule has 0 aliphatic carbocycles. The van der Waals surface area contributed by atoms with E-state index in [1.165, 1.54) is 5.01 Å². The van der Waals surface area contributed by atoms with Crippen molar-refractivity contribution in [3.8, 4) is 11.5 Å². The topological polar surface area (TPSA) is 69.7 Å². The summed E-state index contributed by atoms with van der Waals surface area (Å²) >= 11 is 0. The van der Waals surface area contributed by atoms with Gasteiger partial charge in [0.25, 0.3) is 0 Å². The summed E-state index contributed by atoms with van der Waals surface area (Å²) in [7, 11) is 0. The zero-order valence-corrected chi connectivity index (χ0v) is 8.54. The van der Waals surface area contributed by atoms with Gasteiger partial charge in [0.05, 0.1) is 11.4 Å². The number of hydrazine groups is 1. The van der Waals surface area contributed by atoms with Gasteiger partial charge < -0.3 is 10.2 Å². The van der Waals surface area contributed by atoms with Crippen LogP contribution in [0.4, 0.5) is 11.4 Å². The number of phenols is 2. The van der Waals surface area contributed by atoms with Crippen LogP contribution in [0.3, 0.4) is 0 Å². The molecule has 0 fully saturated rings. The first-order chi connectivity index (χ1) is 7.66. The Morgan fingerprint density at radius 3 is 1.31 bits per heavy atom. The molecular formula is C12H12N2O2. The Labute approximate surface area is 93.1 Å². The molecule has 82 valence electrons. The summed E-state index contributed by atoms with van der Waals surface area (Å²) in [5.41, 5.74) is 1.51. The number of nitrogens with zero attached hydrogens (tertiary/aromatic N) is 1. The highest BCUT2D eigenvalue weighted by Gasteiger charge is 2.04. The third-order valence-corrected chi connectivity index (χ3v) is 2.26. The van der Waals surface area contributed by atoms with E-state index >= 15 is 0 Å². The van der Waals surface area contributed by atoms with Crippen molar-refractivity contribution in [3.63, 3.8) is 0 Å². The molecule has 0 spiro atoms. The van der Waals surface area contributed by atoms with Crippen molar-refractivity contribution in [1.82, 2.24) is 0 Å². The monoisotopic (exact) mass is 216 g/mol. The molecule has 4 N–H and O–H groups in total. The first-order valence-electron chi connectivity index (χ1n) is 4.80. The molecule has 4 heteroatoms. The minimum absolute atomic E-state index is 0.197. The Hall–Kier alpha value is -2.20. The van der Waals surface area contributed by atoms with Gasteiger partial charge >= 0.3 is 0 Å². The predicted octanol–water partition coefficient (Wildman–Crippen LogP) is 2.11. The zero-order chi connectivity index (χ0) is 11.5. The number of phenolic OH excluding ortho intramolecular Hbond substituents is 2. The molecule has 4 nitrogen and oxygen atoms in total. The number of hydrogen-bond acceptors (Lipinski definition) is 4. The molecule has 0 radical (unpaired) electrons. The average Bonchev–Trinajstić information content (AvgIpc) is 2.30. The maximum absolute atomic E-state index is 9.15. The quantitative estimate of drug-likeness (QED) is 0.531. The second-order valence-corrected chi connectivity index (χ2v) is 3.40. The van der Waals surface area contributed by atoms with Crippen molar-refractivity contribution in [2.24, 2.45) is 5.84 Å². The fourth-order valence-corrected chi connectivity index (χ4v) is 1.38. The van der Waals surface area contributed by atoms with E-state index in [1.54, 1.807) is 48.5 Å². The molecule has 2 rings (SSSR count). The summed E-state index contributed by atoms with van der Waals surface area (Å²) in [6.07, 6.45) is 0. The third-order valence-electron chi connectivity index (χ3n) is 2.26. The normalized spacial score (nSPS) is 10.1. The van der Waals surface area contributed by atoms with Crippen molar-refractivity contribution in [1.29, 1.82) is 0 Å². The van der Waals surface area contributed by atoms with Gasteiger partial charge in [-0.2, -0.15) is 0 Å². The van der Waals surface area contributed by atoms with Crippen molar-refractivity contribution < 1.29 is 10.2 Å². The number of hydrogen-bond donors (Lipinski definition) is 3. The summed E-state index contributed by atoms with van der Waals surface area (Å²) in [5.74, 6) is 6.28. The van der Waals surface area contributed by atoms with E-state index in [9.17, 15) is 0 Å². The van der Waals surface area contributed by atoms with Crippen molar-refractivity contribution in [2.45, 2.75) is 0 Å². The number of anilines is 2. The van der Waals surface area contributed by atoms with Gasteiger partial charge in [-0.1, -0.05) is 0 Å². The molecule has 0 heterocycles. The van der Waals surface area contributed by atoms with E-state index in [0.717, 1.165) is 11.4 Å². The van der Waals surface area contributed by atoms with Gasteiger partial charge in [0.1, 0.15) is 11.5 Å². The SMILES string of the molecule is NN(c1ccc(O)cc1)c1ccc(O)cc1. The van der Waals surface area contributed by atoms with Crippen molar-refractivity contribution >= 4 is 11.4 Å². The summed E-state index contributed by atoms with van der Waals surface area (Å²) < 4.78 is 0. The summed E-state index contributed by atoms with van der Waals surface area (Å²) in [6, 6.07) is 13.1. The lowest BCUT2D eigenvalue weighted by Gasteiger charge is -2.18. The molecular weight excluding hydrogens is 204 g/mol. The fraction of sp³-hybridized carbons (Fsp3) is 0. The Kier molecular flexibility index (Phi) is 2.66.